The van der Waals surface area contributed by atoms with Gasteiger partial charge in [0.15, 0.2) is 11.5 Å². The van der Waals surface area contributed by atoms with Crippen molar-refractivity contribution in [3.05, 3.63) is 29.5 Å². The van der Waals surface area contributed by atoms with Crippen molar-refractivity contribution in [2.24, 2.45) is 0 Å². The number of esters is 2. The van der Waals surface area contributed by atoms with Gasteiger partial charge in [0.1, 0.15) is 19.8 Å². The number of fused-ring (bicyclic) bond motifs is 1. The molecule has 2 amide bonds. The summed E-state index contributed by atoms with van der Waals surface area (Å²) in [6.07, 6.45) is 0.109. The minimum atomic E-state index is -3.80. The molecule has 3 rings (SSSR count). The van der Waals surface area contributed by atoms with Gasteiger partial charge in [0.25, 0.3) is 0 Å². The number of nitrogens with one attached hydrogen (secondary N) is 3. The summed E-state index contributed by atoms with van der Waals surface area (Å²) < 4.78 is 48.1. The van der Waals surface area contributed by atoms with Gasteiger partial charge in [0.05, 0.1) is 29.3 Å². The van der Waals surface area contributed by atoms with Gasteiger partial charge in [-0.2, -0.15) is 0 Å². The van der Waals surface area contributed by atoms with Crippen molar-refractivity contribution in [2.45, 2.75) is 24.7 Å². The Morgan fingerprint density at radius 3 is 2.67 bits per heavy atom. The molecule has 33 heavy (non-hydrogen) atoms. The van der Waals surface area contributed by atoms with Crippen molar-refractivity contribution >= 4 is 28.0 Å². The van der Waals surface area contributed by atoms with E-state index in [1.165, 1.54) is 18.2 Å². The summed E-state index contributed by atoms with van der Waals surface area (Å²) in [6.45, 7) is 2.19. The standard InChI is InChI=1S/C20H25N3O9S/c1-2-29-19(25)14-11-21-20(26)23-15(14)12-32-18(24)4-3-7-22-33(27,28)13-5-6-16-17(10-13)31-9-8-30-16/h5-6,10,22H,2-4,7-9,11-12H2,1H3,(H2,21,23,26). The van der Waals surface area contributed by atoms with Crippen LogP contribution in [0.5, 0.6) is 11.5 Å². The van der Waals surface area contributed by atoms with Crippen molar-refractivity contribution in [3.8, 4) is 11.5 Å². The average molecular weight is 483 g/mol. The molecular weight excluding hydrogens is 458 g/mol. The molecular formula is C20H25N3O9S. The van der Waals surface area contributed by atoms with Gasteiger partial charge >= 0.3 is 18.0 Å². The van der Waals surface area contributed by atoms with E-state index in [1.54, 1.807) is 6.92 Å². The number of carbonyl (C=O) groups excluding carboxylic acids is 3. The van der Waals surface area contributed by atoms with Gasteiger partial charge in [0, 0.05) is 19.0 Å². The molecule has 0 radical (unpaired) electrons. The number of hydrogen-bond acceptors (Lipinski definition) is 9. The monoisotopic (exact) mass is 483 g/mol. The summed E-state index contributed by atoms with van der Waals surface area (Å²) >= 11 is 0. The first-order valence-corrected chi connectivity index (χ1v) is 11.8. The Morgan fingerprint density at radius 1 is 1.15 bits per heavy atom. The number of benzene rings is 1. The lowest BCUT2D eigenvalue weighted by Crippen LogP contribution is -2.45. The predicted molar refractivity (Wildman–Crippen MR) is 113 cm³/mol. The topological polar surface area (TPSA) is 158 Å². The zero-order valence-corrected chi connectivity index (χ0v) is 18.8. The molecule has 1 aromatic carbocycles. The molecule has 0 saturated carbocycles. The van der Waals surface area contributed by atoms with Crippen LogP contribution in [-0.2, 0) is 29.1 Å². The number of sulfonamides is 1. The molecule has 0 fully saturated rings. The van der Waals surface area contributed by atoms with E-state index in [0.717, 1.165) is 0 Å². The fourth-order valence-electron chi connectivity index (χ4n) is 3.01. The molecule has 180 valence electrons. The predicted octanol–water partition coefficient (Wildman–Crippen LogP) is 0.190. The summed E-state index contributed by atoms with van der Waals surface area (Å²) in [5.41, 5.74) is 0.307. The number of hydrogen-bond donors (Lipinski definition) is 3. The van der Waals surface area contributed by atoms with Gasteiger partial charge in [-0.1, -0.05) is 0 Å². The van der Waals surface area contributed by atoms with E-state index in [2.05, 4.69) is 15.4 Å². The highest BCUT2D eigenvalue weighted by Gasteiger charge is 2.24. The smallest absolute Gasteiger partial charge is 0.337 e. The highest BCUT2D eigenvalue weighted by molar-refractivity contribution is 7.89. The van der Waals surface area contributed by atoms with Crippen LogP contribution in [0.25, 0.3) is 0 Å². The first-order valence-electron chi connectivity index (χ1n) is 10.3. The molecule has 0 spiro atoms. The Balaban J connectivity index is 1.46. The molecule has 1 aromatic rings. The molecule has 0 aliphatic carbocycles. The van der Waals surface area contributed by atoms with Crippen LogP contribution in [0.2, 0.25) is 0 Å². The largest absolute Gasteiger partial charge is 0.486 e. The molecule has 0 aromatic heterocycles. The Labute approximate surface area is 190 Å². The number of rotatable bonds is 10. The van der Waals surface area contributed by atoms with Crippen molar-refractivity contribution in [1.29, 1.82) is 0 Å². The first kappa shape index (κ1) is 24.3. The fraction of sp³-hybridized carbons (Fsp3) is 0.450. The van der Waals surface area contributed by atoms with Gasteiger partial charge in [-0.15, -0.1) is 0 Å². The van der Waals surface area contributed by atoms with E-state index in [9.17, 15) is 22.8 Å². The van der Waals surface area contributed by atoms with Crippen molar-refractivity contribution in [3.63, 3.8) is 0 Å². The van der Waals surface area contributed by atoms with Crippen LogP contribution in [0, 0.1) is 0 Å². The Bertz CT molecular complexity index is 1050. The van der Waals surface area contributed by atoms with Crippen LogP contribution in [0.3, 0.4) is 0 Å². The molecule has 2 aliphatic rings. The molecule has 2 heterocycles. The van der Waals surface area contributed by atoms with E-state index in [0.29, 0.717) is 24.7 Å². The number of carbonyl (C=O) groups is 3. The highest BCUT2D eigenvalue weighted by Crippen LogP contribution is 2.32. The number of ether oxygens (including phenoxy) is 4. The number of urea groups is 1. The third kappa shape index (κ3) is 6.58. The fourth-order valence-corrected chi connectivity index (χ4v) is 4.10. The van der Waals surface area contributed by atoms with E-state index < -0.39 is 28.0 Å². The highest BCUT2D eigenvalue weighted by atomic mass is 32.2. The Kier molecular flexibility index (Phi) is 8.11. The van der Waals surface area contributed by atoms with E-state index in [4.69, 9.17) is 18.9 Å². The second-order valence-corrected chi connectivity index (χ2v) is 8.72. The van der Waals surface area contributed by atoms with Gasteiger partial charge < -0.3 is 29.6 Å². The summed E-state index contributed by atoms with van der Waals surface area (Å²) in [5.74, 6) is -0.398. The maximum Gasteiger partial charge on any atom is 0.337 e. The molecule has 0 atom stereocenters. The maximum atomic E-state index is 12.5. The SMILES string of the molecule is CCOC(=O)C1=C(COC(=O)CCCNS(=O)(=O)c2ccc3c(c2)OCCO3)NC(=O)NC1. The van der Waals surface area contributed by atoms with Gasteiger partial charge in [-0.05, 0) is 25.5 Å². The molecule has 2 aliphatic heterocycles. The van der Waals surface area contributed by atoms with Crippen LogP contribution in [0.15, 0.2) is 34.4 Å². The second kappa shape index (κ2) is 11.0. The normalized spacial score (nSPS) is 15.4. The molecule has 13 heteroatoms. The van der Waals surface area contributed by atoms with Gasteiger partial charge in [-0.25, -0.2) is 22.7 Å². The zero-order chi connectivity index (χ0) is 23.8. The summed E-state index contributed by atoms with van der Waals surface area (Å²) in [7, 11) is -3.80. The maximum absolute atomic E-state index is 12.5. The first-order chi connectivity index (χ1) is 15.8. The lowest BCUT2D eigenvalue weighted by atomic mass is 10.1. The van der Waals surface area contributed by atoms with Gasteiger partial charge in [-0.3, -0.25) is 4.79 Å². The average Bonchev–Trinajstić information content (AvgIpc) is 2.80. The Hall–Kier alpha value is -3.32. The molecule has 12 nitrogen and oxygen atoms in total. The van der Waals surface area contributed by atoms with Crippen molar-refractivity contribution < 1.29 is 41.7 Å². The zero-order valence-electron chi connectivity index (χ0n) is 18.0. The summed E-state index contributed by atoms with van der Waals surface area (Å²) in [5, 5.41) is 4.87. The second-order valence-electron chi connectivity index (χ2n) is 6.95. The lowest BCUT2D eigenvalue weighted by molar-refractivity contribution is -0.143. The Morgan fingerprint density at radius 2 is 1.91 bits per heavy atom. The minimum Gasteiger partial charge on any atom is -0.486 e. The lowest BCUT2D eigenvalue weighted by Gasteiger charge is -2.21. The van der Waals surface area contributed by atoms with Gasteiger partial charge in [0.2, 0.25) is 10.0 Å². The summed E-state index contributed by atoms with van der Waals surface area (Å²) in [6, 6.07) is 3.79. The van der Waals surface area contributed by atoms with Crippen molar-refractivity contribution in [1.82, 2.24) is 15.4 Å². The van der Waals surface area contributed by atoms with E-state index in [-0.39, 0.29) is 55.3 Å². The third-order valence-corrected chi connectivity index (χ3v) is 6.09. The van der Waals surface area contributed by atoms with Crippen LogP contribution in [0.1, 0.15) is 19.8 Å². The van der Waals surface area contributed by atoms with Crippen LogP contribution < -0.4 is 24.8 Å². The van der Waals surface area contributed by atoms with Crippen molar-refractivity contribution in [2.75, 3.05) is 39.5 Å². The number of amides is 2. The molecule has 3 N–H and O–H groups in total. The molecule has 0 saturated heterocycles. The molecule has 0 bridgehead atoms. The van der Waals surface area contributed by atoms with Crippen LogP contribution >= 0.6 is 0 Å². The van der Waals surface area contributed by atoms with Crippen LogP contribution in [0.4, 0.5) is 4.79 Å². The third-order valence-electron chi connectivity index (χ3n) is 4.63. The van der Waals surface area contributed by atoms with Crippen LogP contribution in [-0.4, -0.2) is 65.9 Å². The molecule has 0 unspecified atom stereocenters. The van der Waals surface area contributed by atoms with E-state index >= 15 is 0 Å². The van der Waals surface area contributed by atoms with E-state index in [1.807, 2.05) is 0 Å². The minimum absolute atomic E-state index is 0.00328. The summed E-state index contributed by atoms with van der Waals surface area (Å²) in [4.78, 5) is 35.5. The quantitative estimate of drug-likeness (QED) is 0.312.